The standard InChI is InChI=1S/C42H52N2O15/c1-8-42(52)16-28(32-21(34(42)40(51)53-7)12-22-33(37(32)50)36(49)31-20(35(22)48)10-9-11-25(31)45)57-29-14-24(44(5)6)38(18(3)54-29)58-30-15-27(47)39(19(4)55-30)59-41-23(43)13-26(46)17(2)56-41/h9-13,17-19,24,27-30,34,38-39,41,45,47,50,52H,8,14-16,43H2,1-7H3/t17-,18+,19+,24+,27+,28-,29-,30+,34-,38+,39+,41+,42+/m0/s1. The zero-order valence-corrected chi connectivity index (χ0v) is 33.9. The first-order valence-electron chi connectivity index (χ1n) is 19.8. The number of aliphatic hydroxyl groups excluding tert-OH is 1. The minimum absolute atomic E-state index is 0.0145. The van der Waals surface area contributed by atoms with Crippen LogP contribution in [0, 0.1) is 0 Å². The third kappa shape index (κ3) is 7.57. The molecular weight excluding hydrogens is 772 g/mol. The molecule has 17 nitrogen and oxygen atoms in total. The minimum Gasteiger partial charge on any atom is -0.507 e. The van der Waals surface area contributed by atoms with Crippen LogP contribution >= 0.6 is 0 Å². The molecule has 59 heavy (non-hydrogen) atoms. The molecule has 0 aromatic heterocycles. The summed E-state index contributed by atoms with van der Waals surface area (Å²) in [5.74, 6) is -4.94. The first kappa shape index (κ1) is 42.8. The number of hydrogen-bond acceptors (Lipinski definition) is 17. The Morgan fingerprint density at radius 2 is 1.61 bits per heavy atom. The van der Waals surface area contributed by atoms with E-state index in [1.165, 1.54) is 37.5 Å². The molecule has 0 spiro atoms. The van der Waals surface area contributed by atoms with Crippen LogP contribution in [0.3, 0.4) is 0 Å². The van der Waals surface area contributed by atoms with Gasteiger partial charge in [-0.05, 0) is 59.0 Å². The van der Waals surface area contributed by atoms with Crippen LogP contribution in [0.5, 0.6) is 11.5 Å². The largest absolute Gasteiger partial charge is 0.507 e. The lowest BCUT2D eigenvalue weighted by atomic mass is 9.67. The average molecular weight is 825 g/mol. The number of carbonyl (C=O) groups excluding carboxylic acids is 4. The number of hydrogen-bond donors (Lipinski definition) is 5. The second-order valence-corrected chi connectivity index (χ2v) is 16.2. The molecule has 0 amide bonds. The van der Waals surface area contributed by atoms with E-state index in [0.717, 1.165) is 0 Å². The zero-order chi connectivity index (χ0) is 42.8. The Hall–Kier alpha value is -4.30. The fourth-order valence-electron chi connectivity index (χ4n) is 9.10. The number of benzene rings is 2. The molecule has 2 fully saturated rings. The third-order valence-corrected chi connectivity index (χ3v) is 12.3. The second-order valence-electron chi connectivity index (χ2n) is 16.2. The topological polar surface area (TPSA) is 243 Å². The monoisotopic (exact) mass is 824 g/mol. The zero-order valence-electron chi connectivity index (χ0n) is 33.9. The number of ketones is 3. The molecule has 6 N–H and O–H groups in total. The normalized spacial score (nSPS) is 35.8. The number of fused-ring (bicyclic) bond motifs is 3. The summed E-state index contributed by atoms with van der Waals surface area (Å²) in [6.07, 6.45) is -7.25. The lowest BCUT2D eigenvalue weighted by Gasteiger charge is -2.48. The van der Waals surface area contributed by atoms with Crippen LogP contribution in [-0.2, 0) is 42.7 Å². The predicted molar refractivity (Wildman–Crippen MR) is 204 cm³/mol. The lowest BCUT2D eigenvalue weighted by molar-refractivity contribution is -0.321. The quantitative estimate of drug-likeness (QED) is 0.194. The Labute approximate surface area is 340 Å². The number of ether oxygens (including phenoxy) is 7. The van der Waals surface area contributed by atoms with Crippen molar-refractivity contribution < 1.29 is 72.8 Å². The maximum absolute atomic E-state index is 13.9. The highest BCUT2D eigenvalue weighted by Crippen LogP contribution is 2.54. The van der Waals surface area contributed by atoms with Crippen molar-refractivity contribution in [1.29, 1.82) is 0 Å². The molecule has 3 aliphatic heterocycles. The van der Waals surface area contributed by atoms with E-state index in [0.29, 0.717) is 0 Å². The van der Waals surface area contributed by atoms with Gasteiger partial charge in [0.1, 0.15) is 35.7 Å². The molecule has 0 bridgehead atoms. The third-order valence-electron chi connectivity index (χ3n) is 12.3. The summed E-state index contributed by atoms with van der Waals surface area (Å²) in [4.78, 5) is 55.1. The van der Waals surface area contributed by atoms with E-state index in [1.807, 2.05) is 19.0 Å². The van der Waals surface area contributed by atoms with Gasteiger partial charge >= 0.3 is 5.97 Å². The Morgan fingerprint density at radius 1 is 0.932 bits per heavy atom. The molecule has 5 aliphatic rings. The van der Waals surface area contributed by atoms with E-state index in [2.05, 4.69) is 0 Å². The molecule has 0 radical (unpaired) electrons. The maximum Gasteiger partial charge on any atom is 0.316 e. The van der Waals surface area contributed by atoms with Crippen molar-refractivity contribution >= 4 is 23.3 Å². The fraction of sp³-hybridized carbons (Fsp3) is 0.571. The lowest BCUT2D eigenvalue weighted by Crippen LogP contribution is -2.58. The van der Waals surface area contributed by atoms with Crippen molar-refractivity contribution in [3.63, 3.8) is 0 Å². The molecule has 2 aromatic rings. The van der Waals surface area contributed by atoms with E-state index in [-0.39, 0.29) is 76.6 Å². The van der Waals surface area contributed by atoms with Gasteiger partial charge in [-0.3, -0.25) is 19.2 Å². The Kier molecular flexibility index (Phi) is 11.8. The van der Waals surface area contributed by atoms with Crippen LogP contribution in [-0.4, -0.2) is 137 Å². The second kappa shape index (κ2) is 16.3. The van der Waals surface area contributed by atoms with Gasteiger partial charge in [-0.15, -0.1) is 0 Å². The molecular formula is C42H52N2O15. The number of nitrogens with two attached hydrogens (primary N) is 1. The van der Waals surface area contributed by atoms with Gasteiger partial charge in [-0.2, -0.15) is 0 Å². The number of aliphatic hydroxyl groups is 2. The SMILES string of the molecule is CC[C@@]1(O)C[C@H](O[C@H]2C[C@@H](N(C)C)[C@H](O[C@@H]3C[C@@H](O)[C@H](O[C@H]4O[C@@H](C)C(=O)C=C4N)[C@@H](C)O3)[C@@H](C)O2)c2c(cc3c(c2O)C(=O)c2c(O)cccc2C3=O)[C@H]1C(=O)OC. The summed E-state index contributed by atoms with van der Waals surface area (Å²) in [7, 11) is 4.88. The summed E-state index contributed by atoms with van der Waals surface area (Å²) in [6.45, 7) is 6.78. The van der Waals surface area contributed by atoms with E-state index in [4.69, 9.17) is 38.9 Å². The van der Waals surface area contributed by atoms with E-state index in [1.54, 1.807) is 27.7 Å². The molecule has 17 heteroatoms. The minimum atomic E-state index is -1.77. The van der Waals surface area contributed by atoms with Gasteiger partial charge in [-0.25, -0.2) is 0 Å². The highest BCUT2D eigenvalue weighted by Gasteiger charge is 2.53. The van der Waals surface area contributed by atoms with Gasteiger partial charge in [0.15, 0.2) is 30.4 Å². The summed E-state index contributed by atoms with van der Waals surface area (Å²) in [5, 5.41) is 45.9. The first-order chi connectivity index (χ1) is 27.9. The van der Waals surface area contributed by atoms with Crippen molar-refractivity contribution in [2.75, 3.05) is 21.2 Å². The van der Waals surface area contributed by atoms with Gasteiger partial charge in [0.25, 0.3) is 0 Å². The van der Waals surface area contributed by atoms with Gasteiger partial charge < -0.3 is 64.2 Å². The van der Waals surface area contributed by atoms with E-state index < -0.39 is 102 Å². The van der Waals surface area contributed by atoms with Crippen molar-refractivity contribution in [1.82, 2.24) is 4.90 Å². The van der Waals surface area contributed by atoms with Crippen LogP contribution in [0.1, 0.15) is 108 Å². The molecule has 2 aliphatic carbocycles. The number of methoxy groups -OCH3 is 1. The molecule has 13 atom stereocenters. The maximum atomic E-state index is 13.9. The van der Waals surface area contributed by atoms with E-state index >= 15 is 0 Å². The summed E-state index contributed by atoms with van der Waals surface area (Å²) >= 11 is 0. The fourth-order valence-corrected chi connectivity index (χ4v) is 9.10. The molecule has 7 rings (SSSR count). The highest BCUT2D eigenvalue weighted by atomic mass is 16.7. The number of rotatable bonds is 9. The van der Waals surface area contributed by atoms with Crippen molar-refractivity contribution in [3.05, 3.63) is 69.4 Å². The Bertz CT molecular complexity index is 2040. The van der Waals surface area contributed by atoms with Crippen molar-refractivity contribution in [2.45, 2.75) is 133 Å². The van der Waals surface area contributed by atoms with Crippen LogP contribution in [0.15, 0.2) is 36.0 Å². The average Bonchev–Trinajstić information content (AvgIpc) is 3.17. The molecule has 2 saturated heterocycles. The Balaban J connectivity index is 1.14. The number of likely N-dealkylation sites (N-methyl/N-ethyl adjacent to an activating group) is 1. The smallest absolute Gasteiger partial charge is 0.316 e. The molecule has 0 unspecified atom stereocenters. The molecule has 0 saturated carbocycles. The molecule has 3 heterocycles. The summed E-state index contributed by atoms with van der Waals surface area (Å²) < 4.78 is 42.4. The van der Waals surface area contributed by atoms with Crippen LogP contribution < -0.4 is 5.73 Å². The summed E-state index contributed by atoms with van der Waals surface area (Å²) in [6, 6.07) is 5.05. The van der Waals surface area contributed by atoms with Gasteiger partial charge in [0.2, 0.25) is 5.78 Å². The van der Waals surface area contributed by atoms with Crippen LogP contribution in [0.2, 0.25) is 0 Å². The summed E-state index contributed by atoms with van der Waals surface area (Å²) in [5.41, 5.74) is 3.52. The Morgan fingerprint density at radius 3 is 2.25 bits per heavy atom. The number of carbonyl (C=O) groups is 4. The number of phenolic OH excluding ortho intramolecular Hbond substituents is 2. The number of esters is 1. The van der Waals surface area contributed by atoms with Gasteiger partial charge in [-0.1, -0.05) is 19.1 Å². The first-order valence-corrected chi connectivity index (χ1v) is 19.8. The van der Waals surface area contributed by atoms with E-state index in [9.17, 15) is 39.6 Å². The van der Waals surface area contributed by atoms with Crippen LogP contribution in [0.25, 0.3) is 0 Å². The van der Waals surface area contributed by atoms with Crippen LogP contribution in [0.4, 0.5) is 0 Å². The highest BCUT2D eigenvalue weighted by molar-refractivity contribution is 6.30. The van der Waals surface area contributed by atoms with Gasteiger partial charge in [0, 0.05) is 48.1 Å². The van der Waals surface area contributed by atoms with Crippen molar-refractivity contribution in [2.24, 2.45) is 5.73 Å². The number of aromatic hydroxyl groups is 2. The predicted octanol–water partition coefficient (Wildman–Crippen LogP) is 2.22. The molecule has 320 valence electrons. The van der Waals surface area contributed by atoms with Gasteiger partial charge in [0.05, 0.1) is 54.0 Å². The molecule has 2 aromatic carbocycles. The number of nitrogens with zero attached hydrogens (tertiary/aromatic N) is 1. The van der Waals surface area contributed by atoms with Crippen molar-refractivity contribution in [3.8, 4) is 11.5 Å². The number of phenols is 2.